The minimum atomic E-state index is -0.466. The van der Waals surface area contributed by atoms with Gasteiger partial charge in [0, 0.05) is 17.3 Å². The number of nitrogens with one attached hydrogen (secondary N) is 1. The zero-order chi connectivity index (χ0) is 11.2. The van der Waals surface area contributed by atoms with Gasteiger partial charge in [0.1, 0.15) is 0 Å². The summed E-state index contributed by atoms with van der Waals surface area (Å²) < 4.78 is 1.26. The number of hydrogen-bond acceptors (Lipinski definition) is 2. The van der Waals surface area contributed by atoms with E-state index in [0.717, 1.165) is 18.5 Å². The summed E-state index contributed by atoms with van der Waals surface area (Å²) in [7, 11) is 0. The molecule has 0 bridgehead atoms. The third-order valence-electron chi connectivity index (χ3n) is 2.64. The molecule has 0 atom stereocenters. The first kappa shape index (κ1) is 10.2. The lowest BCUT2D eigenvalue weighted by atomic mass is 10.1. The van der Waals surface area contributed by atoms with Gasteiger partial charge in [-0.05, 0) is 39.5 Å². The van der Waals surface area contributed by atoms with Crippen molar-refractivity contribution in [3.8, 4) is 0 Å². The second-order valence-corrected chi connectivity index (χ2v) is 5.15. The molecule has 1 aromatic rings. The highest BCUT2D eigenvalue weighted by Crippen LogP contribution is 2.37. The number of aromatic nitrogens is 2. The van der Waals surface area contributed by atoms with Gasteiger partial charge in [-0.15, -0.1) is 0 Å². The monoisotopic (exact) mass is 208 g/mol. The van der Waals surface area contributed by atoms with Crippen LogP contribution in [0.1, 0.15) is 45.2 Å². The van der Waals surface area contributed by atoms with Gasteiger partial charge in [-0.2, -0.15) is 0 Å². The summed E-state index contributed by atoms with van der Waals surface area (Å²) in [5.41, 5.74) is -0.164. The number of rotatable bonds is 1. The minimum absolute atomic E-state index is 0.201. The van der Waals surface area contributed by atoms with Crippen molar-refractivity contribution in [3.63, 3.8) is 0 Å². The molecule has 1 N–H and O–H groups in total. The largest absolute Gasteiger partial charge is 0.329 e. The third kappa shape index (κ3) is 1.89. The molecule has 1 saturated carbocycles. The predicted octanol–water partition coefficient (Wildman–Crippen LogP) is 1.17. The molecule has 1 aromatic heterocycles. The second-order valence-electron chi connectivity index (χ2n) is 5.15. The van der Waals surface area contributed by atoms with Crippen molar-refractivity contribution in [2.45, 2.75) is 45.1 Å². The van der Waals surface area contributed by atoms with Crippen LogP contribution in [-0.2, 0) is 5.54 Å². The van der Waals surface area contributed by atoms with Crippen molar-refractivity contribution in [1.82, 2.24) is 9.55 Å². The van der Waals surface area contributed by atoms with E-state index >= 15 is 0 Å². The molecule has 1 heterocycles. The summed E-state index contributed by atoms with van der Waals surface area (Å²) in [5, 5.41) is 0. The summed E-state index contributed by atoms with van der Waals surface area (Å²) in [5.74, 6) is 0.403. The van der Waals surface area contributed by atoms with Gasteiger partial charge in [0.25, 0.3) is 5.56 Å². The highest BCUT2D eigenvalue weighted by Gasteiger charge is 2.27. The van der Waals surface area contributed by atoms with Crippen LogP contribution in [0.15, 0.2) is 15.7 Å². The van der Waals surface area contributed by atoms with Gasteiger partial charge in [-0.25, -0.2) is 4.79 Å². The lowest BCUT2D eigenvalue weighted by Gasteiger charge is -2.20. The molecular weight excluding hydrogens is 192 g/mol. The molecule has 15 heavy (non-hydrogen) atoms. The summed E-state index contributed by atoms with van der Waals surface area (Å²) in [6, 6.07) is 1.56. The Morgan fingerprint density at radius 2 is 1.93 bits per heavy atom. The molecule has 82 valence electrons. The topological polar surface area (TPSA) is 54.9 Å². The van der Waals surface area contributed by atoms with Crippen LogP contribution in [0.4, 0.5) is 0 Å². The summed E-state index contributed by atoms with van der Waals surface area (Å²) in [6.45, 7) is 5.54. The van der Waals surface area contributed by atoms with Crippen LogP contribution in [0.5, 0.6) is 0 Å². The third-order valence-corrected chi connectivity index (χ3v) is 2.64. The van der Waals surface area contributed by atoms with Gasteiger partial charge >= 0.3 is 5.69 Å². The van der Waals surface area contributed by atoms with Crippen molar-refractivity contribution in [2.24, 2.45) is 0 Å². The fourth-order valence-electron chi connectivity index (χ4n) is 1.76. The standard InChI is InChI=1S/C11H16N2O2/c1-11(2,3)13-9(14)6-8(7-4-5-7)12-10(13)15/h6-7H,4-5H2,1-3H3,(H,12,15). The van der Waals surface area contributed by atoms with Gasteiger partial charge in [0.15, 0.2) is 0 Å². The van der Waals surface area contributed by atoms with Crippen molar-refractivity contribution in [3.05, 3.63) is 32.6 Å². The van der Waals surface area contributed by atoms with Crippen LogP contribution < -0.4 is 11.2 Å². The molecule has 0 saturated heterocycles. The van der Waals surface area contributed by atoms with Crippen molar-refractivity contribution >= 4 is 0 Å². The highest BCUT2D eigenvalue weighted by molar-refractivity contribution is 5.13. The van der Waals surface area contributed by atoms with Crippen molar-refractivity contribution < 1.29 is 0 Å². The lowest BCUT2D eigenvalue weighted by molar-refractivity contribution is 0.365. The second kappa shape index (κ2) is 3.08. The predicted molar refractivity (Wildman–Crippen MR) is 58.3 cm³/mol. The normalized spacial score (nSPS) is 16.7. The van der Waals surface area contributed by atoms with E-state index in [4.69, 9.17) is 0 Å². The minimum Gasteiger partial charge on any atom is -0.311 e. The Bertz CT molecular complexity index is 455. The van der Waals surface area contributed by atoms with Crippen LogP contribution in [0.25, 0.3) is 0 Å². The summed E-state index contributed by atoms with van der Waals surface area (Å²) in [4.78, 5) is 26.3. The fourth-order valence-corrected chi connectivity index (χ4v) is 1.76. The van der Waals surface area contributed by atoms with E-state index in [0.29, 0.717) is 5.92 Å². The Hall–Kier alpha value is -1.32. The smallest absolute Gasteiger partial charge is 0.311 e. The molecule has 1 fully saturated rings. The van der Waals surface area contributed by atoms with Gasteiger partial charge in [-0.1, -0.05) is 0 Å². The fraction of sp³-hybridized carbons (Fsp3) is 0.636. The van der Waals surface area contributed by atoms with Gasteiger partial charge in [-0.3, -0.25) is 9.36 Å². The SMILES string of the molecule is CC(C)(C)n1c(=O)cc(C2CC2)[nH]c1=O. The van der Waals surface area contributed by atoms with E-state index in [1.54, 1.807) is 6.07 Å². The van der Waals surface area contributed by atoms with Crippen LogP contribution in [-0.4, -0.2) is 9.55 Å². The van der Waals surface area contributed by atoms with E-state index in [-0.39, 0.29) is 11.2 Å². The van der Waals surface area contributed by atoms with E-state index in [1.165, 1.54) is 4.57 Å². The van der Waals surface area contributed by atoms with Crippen LogP contribution in [0.3, 0.4) is 0 Å². The number of hydrogen-bond donors (Lipinski definition) is 1. The van der Waals surface area contributed by atoms with E-state index in [9.17, 15) is 9.59 Å². The molecule has 0 radical (unpaired) electrons. The molecule has 1 aliphatic carbocycles. The first-order valence-corrected chi connectivity index (χ1v) is 5.26. The average molecular weight is 208 g/mol. The molecule has 0 amide bonds. The van der Waals surface area contributed by atoms with Crippen LogP contribution >= 0.6 is 0 Å². The summed E-state index contributed by atoms with van der Waals surface area (Å²) in [6.07, 6.45) is 2.16. The molecular formula is C11H16N2O2. The van der Waals surface area contributed by atoms with E-state index in [2.05, 4.69) is 4.98 Å². The number of H-pyrrole nitrogens is 1. The van der Waals surface area contributed by atoms with E-state index < -0.39 is 5.54 Å². The summed E-state index contributed by atoms with van der Waals surface area (Å²) >= 11 is 0. The highest BCUT2D eigenvalue weighted by atomic mass is 16.2. The quantitative estimate of drug-likeness (QED) is 0.753. The Kier molecular flexibility index (Phi) is 2.10. The Balaban J connectivity index is 2.59. The number of nitrogens with zero attached hydrogens (tertiary/aromatic N) is 1. The van der Waals surface area contributed by atoms with Gasteiger partial charge in [0.05, 0.1) is 0 Å². The maximum absolute atomic E-state index is 11.8. The molecule has 4 nitrogen and oxygen atoms in total. The zero-order valence-electron chi connectivity index (χ0n) is 9.33. The zero-order valence-corrected chi connectivity index (χ0v) is 9.33. The number of aromatic amines is 1. The maximum atomic E-state index is 11.8. The van der Waals surface area contributed by atoms with Gasteiger partial charge in [0.2, 0.25) is 0 Å². The van der Waals surface area contributed by atoms with Gasteiger partial charge < -0.3 is 4.98 Å². The average Bonchev–Trinajstić information content (AvgIpc) is 2.80. The first-order chi connectivity index (χ1) is 6.89. The molecule has 0 spiro atoms. The van der Waals surface area contributed by atoms with E-state index in [1.807, 2.05) is 20.8 Å². The molecule has 0 unspecified atom stereocenters. The Labute approximate surface area is 88.0 Å². The Morgan fingerprint density at radius 3 is 2.33 bits per heavy atom. The maximum Gasteiger partial charge on any atom is 0.329 e. The molecule has 2 rings (SSSR count). The van der Waals surface area contributed by atoms with Crippen molar-refractivity contribution in [2.75, 3.05) is 0 Å². The first-order valence-electron chi connectivity index (χ1n) is 5.26. The van der Waals surface area contributed by atoms with Crippen molar-refractivity contribution in [1.29, 1.82) is 0 Å². The Morgan fingerprint density at radius 1 is 1.33 bits per heavy atom. The molecule has 1 aliphatic rings. The van der Waals surface area contributed by atoms with Crippen LogP contribution in [0, 0.1) is 0 Å². The molecule has 4 heteroatoms. The lowest BCUT2D eigenvalue weighted by Crippen LogP contribution is -2.44. The molecule has 0 aromatic carbocycles. The molecule has 0 aliphatic heterocycles. The van der Waals surface area contributed by atoms with Crippen LogP contribution in [0.2, 0.25) is 0 Å².